The van der Waals surface area contributed by atoms with Crippen LogP contribution in [0.5, 0.6) is 0 Å². The minimum atomic E-state index is -4.79. The lowest BCUT2D eigenvalue weighted by atomic mass is 10.2. The van der Waals surface area contributed by atoms with Gasteiger partial charge in [0.15, 0.2) is 17.4 Å². The predicted octanol–water partition coefficient (Wildman–Crippen LogP) is 2.48. The third kappa shape index (κ3) is 3.43. The Kier molecular flexibility index (Phi) is 4.15. The molecule has 2 aromatic rings. The molecular formula is C13H10F3N3O3. The van der Waals surface area contributed by atoms with Crippen LogP contribution in [0.3, 0.4) is 0 Å². The number of oxime groups is 1. The van der Waals surface area contributed by atoms with E-state index in [1.54, 1.807) is 18.2 Å². The molecule has 0 bridgehead atoms. The Bertz CT molecular complexity index is 708. The van der Waals surface area contributed by atoms with Crippen molar-refractivity contribution in [2.45, 2.75) is 13.1 Å². The second kappa shape index (κ2) is 5.88. The van der Waals surface area contributed by atoms with E-state index in [1.165, 1.54) is 19.1 Å². The minimum absolute atomic E-state index is 0.173. The number of oxazole rings is 1. The van der Waals surface area contributed by atoms with Gasteiger partial charge >= 0.3 is 12.1 Å². The lowest BCUT2D eigenvalue weighted by Gasteiger charge is -2.04. The van der Waals surface area contributed by atoms with Gasteiger partial charge in [0.2, 0.25) is 5.76 Å². The molecule has 0 amide bonds. The third-order valence-electron chi connectivity index (χ3n) is 2.47. The molecular weight excluding hydrogens is 303 g/mol. The van der Waals surface area contributed by atoms with Gasteiger partial charge < -0.3 is 15.0 Å². The second-order valence-corrected chi connectivity index (χ2v) is 4.13. The van der Waals surface area contributed by atoms with Crippen LogP contribution in [0.15, 0.2) is 39.9 Å². The van der Waals surface area contributed by atoms with Gasteiger partial charge in [0.25, 0.3) is 0 Å². The summed E-state index contributed by atoms with van der Waals surface area (Å²) in [6.45, 7) is 1.22. The molecule has 0 saturated heterocycles. The molecule has 116 valence electrons. The lowest BCUT2D eigenvalue weighted by molar-refractivity contribution is -0.153. The van der Waals surface area contributed by atoms with E-state index in [2.05, 4.69) is 19.4 Å². The average Bonchev–Trinajstić information content (AvgIpc) is 2.87. The highest BCUT2D eigenvalue weighted by Gasteiger charge is 2.40. The monoisotopic (exact) mass is 313 g/mol. The SMILES string of the molecule is Cc1nc(/C(N)=N/OC(=O)c2ccccc2)c(C(F)(F)F)o1. The summed E-state index contributed by atoms with van der Waals surface area (Å²) in [5.74, 6) is -3.22. The van der Waals surface area contributed by atoms with Crippen molar-refractivity contribution in [3.05, 3.63) is 53.2 Å². The molecule has 1 aromatic heterocycles. The van der Waals surface area contributed by atoms with Crippen LogP contribution in [-0.4, -0.2) is 16.8 Å². The number of nitrogens with zero attached hydrogens (tertiary/aromatic N) is 2. The van der Waals surface area contributed by atoms with Crippen LogP contribution in [0.25, 0.3) is 0 Å². The fourth-order valence-electron chi connectivity index (χ4n) is 1.55. The quantitative estimate of drug-likeness (QED) is 0.407. The van der Waals surface area contributed by atoms with Crippen molar-refractivity contribution in [1.29, 1.82) is 0 Å². The molecule has 0 fully saturated rings. The number of halogens is 3. The van der Waals surface area contributed by atoms with Crippen LogP contribution in [0.1, 0.15) is 27.7 Å². The van der Waals surface area contributed by atoms with Crippen LogP contribution >= 0.6 is 0 Å². The summed E-state index contributed by atoms with van der Waals surface area (Å²) < 4.78 is 42.7. The van der Waals surface area contributed by atoms with Crippen molar-refractivity contribution in [3.8, 4) is 0 Å². The fraction of sp³-hybridized carbons (Fsp3) is 0.154. The Morgan fingerprint density at radius 2 is 1.95 bits per heavy atom. The molecule has 2 rings (SSSR count). The molecule has 0 aliphatic carbocycles. The topological polar surface area (TPSA) is 90.7 Å². The molecule has 0 aliphatic heterocycles. The van der Waals surface area contributed by atoms with Crippen LogP contribution in [0.4, 0.5) is 13.2 Å². The first kappa shape index (κ1) is 15.5. The van der Waals surface area contributed by atoms with Crippen molar-refractivity contribution in [2.24, 2.45) is 10.9 Å². The molecule has 0 aliphatic rings. The maximum Gasteiger partial charge on any atom is 0.452 e. The van der Waals surface area contributed by atoms with Crippen molar-refractivity contribution in [2.75, 3.05) is 0 Å². The van der Waals surface area contributed by atoms with Gasteiger partial charge in [-0.2, -0.15) is 13.2 Å². The highest BCUT2D eigenvalue weighted by molar-refractivity contribution is 5.97. The number of carbonyl (C=O) groups excluding carboxylic acids is 1. The fourth-order valence-corrected chi connectivity index (χ4v) is 1.55. The molecule has 0 spiro atoms. The highest BCUT2D eigenvalue weighted by atomic mass is 19.4. The molecule has 0 unspecified atom stereocenters. The number of carbonyl (C=O) groups is 1. The highest BCUT2D eigenvalue weighted by Crippen LogP contribution is 2.32. The number of hydrogen-bond acceptors (Lipinski definition) is 5. The Labute approximate surface area is 122 Å². The Hall–Kier alpha value is -2.84. The van der Waals surface area contributed by atoms with Gasteiger partial charge in [-0.25, -0.2) is 9.78 Å². The first-order chi connectivity index (χ1) is 10.3. The van der Waals surface area contributed by atoms with Crippen LogP contribution in [0, 0.1) is 6.92 Å². The number of amidine groups is 1. The number of hydrogen-bond donors (Lipinski definition) is 1. The molecule has 1 aromatic carbocycles. The smallest absolute Gasteiger partial charge is 0.436 e. The van der Waals surface area contributed by atoms with Crippen LogP contribution in [-0.2, 0) is 11.0 Å². The number of aryl methyl sites for hydroxylation is 1. The number of alkyl halides is 3. The first-order valence-electron chi connectivity index (χ1n) is 5.94. The summed E-state index contributed by atoms with van der Waals surface area (Å²) in [6.07, 6.45) is -4.79. The number of benzene rings is 1. The van der Waals surface area contributed by atoms with Gasteiger partial charge in [-0.3, -0.25) is 0 Å². The van der Waals surface area contributed by atoms with E-state index >= 15 is 0 Å². The maximum absolute atomic E-state index is 12.7. The van der Waals surface area contributed by atoms with Gasteiger partial charge in [0.1, 0.15) is 0 Å². The van der Waals surface area contributed by atoms with E-state index < -0.39 is 29.4 Å². The second-order valence-electron chi connectivity index (χ2n) is 4.13. The molecule has 9 heteroatoms. The Morgan fingerprint density at radius 3 is 2.55 bits per heavy atom. The standard InChI is InChI=1S/C13H10F3N3O3/c1-7-18-9(10(21-7)13(14,15)16)11(17)19-22-12(20)8-5-3-2-4-6-8/h2-6H,1H3,(H2,17,19). The largest absolute Gasteiger partial charge is 0.452 e. The minimum Gasteiger partial charge on any atom is -0.436 e. The lowest BCUT2D eigenvalue weighted by Crippen LogP contribution is -2.20. The molecule has 0 saturated carbocycles. The summed E-state index contributed by atoms with van der Waals surface area (Å²) >= 11 is 0. The van der Waals surface area contributed by atoms with E-state index in [9.17, 15) is 18.0 Å². The number of rotatable bonds is 3. The molecule has 2 N–H and O–H groups in total. The third-order valence-corrected chi connectivity index (χ3v) is 2.47. The van der Waals surface area contributed by atoms with Gasteiger partial charge in [0, 0.05) is 6.92 Å². The van der Waals surface area contributed by atoms with Crippen molar-refractivity contribution in [1.82, 2.24) is 4.98 Å². The summed E-state index contributed by atoms with van der Waals surface area (Å²) in [7, 11) is 0. The summed E-state index contributed by atoms with van der Waals surface area (Å²) in [5.41, 5.74) is 4.82. The van der Waals surface area contributed by atoms with Crippen molar-refractivity contribution in [3.63, 3.8) is 0 Å². The van der Waals surface area contributed by atoms with E-state index in [0.717, 1.165) is 0 Å². The van der Waals surface area contributed by atoms with E-state index in [1.807, 2.05) is 0 Å². The first-order valence-corrected chi connectivity index (χ1v) is 5.94. The van der Waals surface area contributed by atoms with Gasteiger partial charge in [0.05, 0.1) is 5.56 Å². The van der Waals surface area contributed by atoms with Gasteiger partial charge in [-0.1, -0.05) is 23.4 Å². The molecule has 6 nitrogen and oxygen atoms in total. The van der Waals surface area contributed by atoms with Crippen LogP contribution in [0.2, 0.25) is 0 Å². The van der Waals surface area contributed by atoms with Crippen LogP contribution < -0.4 is 5.73 Å². The summed E-state index contributed by atoms with van der Waals surface area (Å²) in [4.78, 5) is 19.6. The zero-order valence-electron chi connectivity index (χ0n) is 11.2. The predicted molar refractivity (Wildman–Crippen MR) is 68.8 cm³/mol. The molecule has 0 radical (unpaired) electrons. The maximum atomic E-state index is 12.7. The van der Waals surface area contributed by atoms with Gasteiger partial charge in [-0.05, 0) is 12.1 Å². The summed E-state index contributed by atoms with van der Waals surface area (Å²) in [6, 6.07) is 7.77. The van der Waals surface area contributed by atoms with E-state index in [-0.39, 0.29) is 11.5 Å². The van der Waals surface area contributed by atoms with Crippen molar-refractivity contribution >= 4 is 11.8 Å². The zero-order valence-corrected chi connectivity index (χ0v) is 11.2. The Morgan fingerprint density at radius 1 is 1.32 bits per heavy atom. The average molecular weight is 313 g/mol. The molecule has 0 atom stereocenters. The number of aromatic nitrogens is 1. The Balaban J connectivity index is 2.22. The van der Waals surface area contributed by atoms with E-state index in [0.29, 0.717) is 0 Å². The molecule has 1 heterocycles. The zero-order chi connectivity index (χ0) is 16.3. The number of nitrogens with two attached hydrogens (primary N) is 1. The normalized spacial score (nSPS) is 12.3. The van der Waals surface area contributed by atoms with E-state index in [4.69, 9.17) is 5.73 Å². The summed E-state index contributed by atoms with van der Waals surface area (Å²) in [5, 5.41) is 3.18. The van der Waals surface area contributed by atoms with Crippen molar-refractivity contribution < 1.29 is 27.2 Å². The molecule has 22 heavy (non-hydrogen) atoms. The van der Waals surface area contributed by atoms with Gasteiger partial charge in [-0.15, -0.1) is 0 Å².